The normalized spacial score (nSPS) is 11.4. The first kappa shape index (κ1) is 18.0. The van der Waals surface area contributed by atoms with Crippen LogP contribution >= 0.6 is 15.9 Å². The maximum atomic E-state index is 11.1. The zero-order chi connectivity index (χ0) is 16.9. The van der Waals surface area contributed by atoms with Crippen molar-refractivity contribution in [3.63, 3.8) is 0 Å². The molecule has 0 spiro atoms. The van der Waals surface area contributed by atoms with Crippen LogP contribution < -0.4 is 4.74 Å². The Morgan fingerprint density at radius 1 is 1.13 bits per heavy atom. The summed E-state index contributed by atoms with van der Waals surface area (Å²) in [6.45, 7) is 2.46. The molecular formula is C18H21BrO3S. The predicted octanol–water partition coefficient (Wildman–Crippen LogP) is 4.37. The van der Waals surface area contributed by atoms with Gasteiger partial charge in [0.1, 0.15) is 15.6 Å². The highest BCUT2D eigenvalue weighted by Crippen LogP contribution is 2.28. The molecule has 0 fully saturated rings. The number of halogens is 1. The van der Waals surface area contributed by atoms with Gasteiger partial charge in [-0.25, -0.2) is 8.42 Å². The average molecular weight is 397 g/mol. The molecule has 0 saturated carbocycles. The van der Waals surface area contributed by atoms with E-state index < -0.39 is 9.84 Å². The molecular weight excluding hydrogens is 376 g/mol. The van der Waals surface area contributed by atoms with Crippen molar-refractivity contribution in [2.45, 2.75) is 18.7 Å². The van der Waals surface area contributed by atoms with Crippen molar-refractivity contribution in [3.8, 4) is 16.9 Å². The first-order valence-electron chi connectivity index (χ1n) is 7.45. The zero-order valence-corrected chi connectivity index (χ0v) is 15.8. The molecule has 0 atom stereocenters. The lowest BCUT2D eigenvalue weighted by molar-refractivity contribution is 0.317. The monoisotopic (exact) mass is 396 g/mol. The summed E-state index contributed by atoms with van der Waals surface area (Å²) in [6.07, 6.45) is 1.75. The summed E-state index contributed by atoms with van der Waals surface area (Å²) >= 11 is 3.48. The third-order valence-corrected chi connectivity index (χ3v) is 5.20. The number of hydrogen-bond donors (Lipinski definition) is 0. The van der Waals surface area contributed by atoms with Gasteiger partial charge in [-0.15, -0.1) is 0 Å². The quantitative estimate of drug-likeness (QED) is 0.515. The van der Waals surface area contributed by atoms with Crippen LogP contribution in [0.2, 0.25) is 0 Å². The van der Waals surface area contributed by atoms with Gasteiger partial charge in [-0.3, -0.25) is 0 Å². The Kier molecular flexibility index (Phi) is 6.25. The van der Waals surface area contributed by atoms with Gasteiger partial charge in [-0.2, -0.15) is 0 Å². The molecule has 5 heteroatoms. The van der Waals surface area contributed by atoms with E-state index in [2.05, 4.69) is 53.2 Å². The predicted molar refractivity (Wildman–Crippen MR) is 99.1 cm³/mol. The molecule has 2 aromatic carbocycles. The number of alkyl halides is 1. The van der Waals surface area contributed by atoms with Crippen LogP contribution in [-0.2, 0) is 15.2 Å². The minimum Gasteiger partial charge on any atom is -0.494 e. The van der Waals surface area contributed by atoms with E-state index in [0.29, 0.717) is 13.0 Å². The number of ether oxygens (including phenoxy) is 1. The Morgan fingerprint density at radius 3 is 2.57 bits per heavy atom. The van der Waals surface area contributed by atoms with E-state index in [-0.39, 0.29) is 5.75 Å². The maximum absolute atomic E-state index is 11.1. The third kappa shape index (κ3) is 5.66. The van der Waals surface area contributed by atoms with Crippen molar-refractivity contribution >= 4 is 25.8 Å². The fourth-order valence-electron chi connectivity index (χ4n) is 2.38. The van der Waals surface area contributed by atoms with Crippen molar-refractivity contribution in [1.29, 1.82) is 0 Å². The van der Waals surface area contributed by atoms with E-state index >= 15 is 0 Å². The molecule has 0 heterocycles. The summed E-state index contributed by atoms with van der Waals surface area (Å²) in [5, 5.41) is 0.835. The summed E-state index contributed by atoms with van der Waals surface area (Å²) in [6, 6.07) is 14.4. The van der Waals surface area contributed by atoms with Crippen molar-refractivity contribution in [2.75, 3.05) is 18.6 Å². The highest BCUT2D eigenvalue weighted by atomic mass is 79.9. The van der Waals surface area contributed by atoms with Crippen molar-refractivity contribution in [1.82, 2.24) is 0 Å². The first-order valence-corrected chi connectivity index (χ1v) is 10.6. The second kappa shape index (κ2) is 7.97. The zero-order valence-electron chi connectivity index (χ0n) is 13.4. The lowest BCUT2D eigenvalue weighted by Crippen LogP contribution is -2.08. The summed E-state index contributed by atoms with van der Waals surface area (Å²) in [5.41, 5.74) is 4.74. The van der Waals surface area contributed by atoms with Crippen LogP contribution in [0.25, 0.3) is 11.1 Å². The molecule has 0 N–H and O–H groups in total. The van der Waals surface area contributed by atoms with Gasteiger partial charge in [-0.1, -0.05) is 46.3 Å². The summed E-state index contributed by atoms with van der Waals surface area (Å²) in [5.74, 6) is 0.931. The molecule has 0 radical (unpaired) electrons. The Morgan fingerprint density at radius 2 is 1.91 bits per heavy atom. The SMILES string of the molecule is Cc1cc(OCCCS(C)(=O)=O)ccc1-c1cccc(CBr)c1. The first-order chi connectivity index (χ1) is 10.9. The molecule has 23 heavy (non-hydrogen) atoms. The molecule has 0 aromatic heterocycles. The summed E-state index contributed by atoms with van der Waals surface area (Å²) < 4.78 is 27.8. The molecule has 0 aliphatic heterocycles. The molecule has 0 aliphatic rings. The van der Waals surface area contributed by atoms with Crippen molar-refractivity contribution in [3.05, 3.63) is 53.6 Å². The Balaban J connectivity index is 2.05. The number of sulfone groups is 1. The largest absolute Gasteiger partial charge is 0.494 e. The fraction of sp³-hybridized carbons (Fsp3) is 0.333. The molecule has 3 nitrogen and oxygen atoms in total. The van der Waals surface area contributed by atoms with E-state index in [9.17, 15) is 8.42 Å². The number of benzene rings is 2. The molecule has 0 aliphatic carbocycles. The second-order valence-electron chi connectivity index (χ2n) is 5.64. The van der Waals surface area contributed by atoms with Crippen LogP contribution in [0.15, 0.2) is 42.5 Å². The van der Waals surface area contributed by atoms with Crippen molar-refractivity contribution in [2.24, 2.45) is 0 Å². The second-order valence-corrected chi connectivity index (χ2v) is 8.46. The van der Waals surface area contributed by atoms with E-state index in [1.54, 1.807) is 0 Å². The van der Waals surface area contributed by atoms with Crippen LogP contribution in [-0.4, -0.2) is 27.0 Å². The summed E-state index contributed by atoms with van der Waals surface area (Å²) in [4.78, 5) is 0. The standard InChI is InChI=1S/C18H21BrO3S/c1-14-11-17(22-9-4-10-23(2,20)21)7-8-18(14)16-6-3-5-15(12-16)13-19/h3,5-8,11-12H,4,9-10,13H2,1-2H3. The highest BCUT2D eigenvalue weighted by Gasteiger charge is 2.06. The van der Waals surface area contributed by atoms with Crippen molar-refractivity contribution < 1.29 is 13.2 Å². The molecule has 0 saturated heterocycles. The van der Waals surface area contributed by atoms with Gasteiger partial charge in [0.2, 0.25) is 0 Å². The topological polar surface area (TPSA) is 43.4 Å². The van der Waals surface area contributed by atoms with Crippen LogP contribution in [0.4, 0.5) is 0 Å². The van der Waals surface area contributed by atoms with E-state index in [1.807, 2.05) is 12.1 Å². The molecule has 2 rings (SSSR count). The number of aryl methyl sites for hydroxylation is 1. The molecule has 0 unspecified atom stereocenters. The van der Waals surface area contributed by atoms with Gasteiger partial charge >= 0.3 is 0 Å². The van der Waals surface area contributed by atoms with E-state index in [0.717, 1.165) is 16.6 Å². The van der Waals surface area contributed by atoms with E-state index in [1.165, 1.54) is 22.9 Å². The fourth-order valence-corrected chi connectivity index (χ4v) is 3.37. The van der Waals surface area contributed by atoms with E-state index in [4.69, 9.17) is 4.74 Å². The minimum absolute atomic E-state index is 0.156. The highest BCUT2D eigenvalue weighted by molar-refractivity contribution is 9.08. The molecule has 124 valence electrons. The molecule has 0 bridgehead atoms. The average Bonchev–Trinajstić information content (AvgIpc) is 2.51. The number of rotatable bonds is 7. The van der Waals surface area contributed by atoms with Crippen LogP contribution in [0.3, 0.4) is 0 Å². The van der Waals surface area contributed by atoms with Crippen LogP contribution in [0.1, 0.15) is 17.5 Å². The van der Waals surface area contributed by atoms with Crippen LogP contribution in [0.5, 0.6) is 5.75 Å². The maximum Gasteiger partial charge on any atom is 0.147 e. The Bertz CT molecular complexity index is 770. The lowest BCUT2D eigenvalue weighted by atomic mass is 9.99. The van der Waals surface area contributed by atoms with Crippen LogP contribution in [0, 0.1) is 6.92 Å². The molecule has 2 aromatic rings. The molecule has 0 amide bonds. The smallest absolute Gasteiger partial charge is 0.147 e. The third-order valence-electron chi connectivity index (χ3n) is 3.52. The number of hydrogen-bond acceptors (Lipinski definition) is 3. The van der Waals surface area contributed by atoms with Gasteiger partial charge < -0.3 is 4.74 Å². The van der Waals surface area contributed by atoms with Gasteiger partial charge in [0, 0.05) is 11.6 Å². The Labute approximate surface area is 146 Å². The van der Waals surface area contributed by atoms with Gasteiger partial charge in [0.15, 0.2) is 0 Å². The lowest BCUT2D eigenvalue weighted by Gasteiger charge is -2.11. The minimum atomic E-state index is -2.92. The Hall–Kier alpha value is -1.33. The summed E-state index contributed by atoms with van der Waals surface area (Å²) in [7, 11) is -2.92. The van der Waals surface area contributed by atoms with Gasteiger partial charge in [0.25, 0.3) is 0 Å². The van der Waals surface area contributed by atoms with Gasteiger partial charge in [0.05, 0.1) is 12.4 Å². The van der Waals surface area contributed by atoms with Gasteiger partial charge in [-0.05, 0) is 47.7 Å².